The predicted octanol–water partition coefficient (Wildman–Crippen LogP) is 7.12. The Bertz CT molecular complexity index is 511. The van der Waals surface area contributed by atoms with Crippen LogP contribution in [0, 0.1) is 0 Å². The first-order valence-electron chi connectivity index (χ1n) is 10.3. The number of allylic oxidation sites excluding steroid dienone is 2. The highest BCUT2D eigenvalue weighted by Crippen LogP contribution is 2.28. The van der Waals surface area contributed by atoms with Gasteiger partial charge in [0.2, 0.25) is 0 Å². The second-order valence-electron chi connectivity index (χ2n) is 7.29. The van der Waals surface area contributed by atoms with Gasteiger partial charge in [-0.3, -0.25) is 0 Å². The van der Waals surface area contributed by atoms with Gasteiger partial charge in [0, 0.05) is 6.61 Å². The third kappa shape index (κ3) is 7.61. The summed E-state index contributed by atoms with van der Waals surface area (Å²) in [6.45, 7) is 6.94. The average molecular weight is 341 g/mol. The Kier molecular flexibility index (Phi) is 9.66. The first kappa shape index (κ1) is 20.0. The molecule has 0 N–H and O–H groups in total. The molecule has 1 atom stereocenters. The number of ether oxygens (including phenoxy) is 1. The molecule has 1 aliphatic rings. The minimum Gasteiger partial charge on any atom is -0.378 e. The lowest BCUT2D eigenvalue weighted by Crippen LogP contribution is -2.16. The lowest BCUT2D eigenvalue weighted by molar-refractivity contribution is 0.0459. The molecule has 0 saturated heterocycles. The molecule has 1 nitrogen and oxygen atoms in total. The van der Waals surface area contributed by atoms with Crippen LogP contribution in [-0.4, -0.2) is 12.7 Å². The van der Waals surface area contributed by atoms with Crippen molar-refractivity contribution in [2.75, 3.05) is 6.61 Å². The van der Waals surface area contributed by atoms with Crippen LogP contribution in [0.5, 0.6) is 0 Å². The molecule has 2 rings (SSSR count). The minimum atomic E-state index is 0.427. The maximum atomic E-state index is 6.05. The Balaban J connectivity index is 1.70. The molecule has 0 amide bonds. The van der Waals surface area contributed by atoms with Gasteiger partial charge in [0.25, 0.3) is 0 Å². The van der Waals surface area contributed by atoms with Gasteiger partial charge in [-0.25, -0.2) is 0 Å². The molecule has 138 valence electrons. The van der Waals surface area contributed by atoms with Crippen LogP contribution in [0.2, 0.25) is 0 Å². The second-order valence-corrected chi connectivity index (χ2v) is 7.29. The summed E-state index contributed by atoms with van der Waals surface area (Å²) < 4.78 is 6.05. The van der Waals surface area contributed by atoms with Crippen molar-refractivity contribution in [2.45, 2.75) is 83.7 Å². The van der Waals surface area contributed by atoms with Gasteiger partial charge in [0.05, 0.1) is 6.10 Å². The number of benzene rings is 1. The fourth-order valence-corrected chi connectivity index (χ4v) is 3.51. The third-order valence-corrected chi connectivity index (χ3v) is 5.16. The normalized spacial score (nSPS) is 17.3. The van der Waals surface area contributed by atoms with E-state index >= 15 is 0 Å². The maximum Gasteiger partial charge on any atom is 0.0612 e. The van der Waals surface area contributed by atoms with Gasteiger partial charge in [-0.1, -0.05) is 62.6 Å². The molecule has 0 aromatic heterocycles. The summed E-state index contributed by atoms with van der Waals surface area (Å²) in [6, 6.07) is 9.26. The molecular weight excluding hydrogens is 304 g/mol. The summed E-state index contributed by atoms with van der Waals surface area (Å²) >= 11 is 0. The smallest absolute Gasteiger partial charge is 0.0612 e. The highest BCUT2D eigenvalue weighted by Gasteiger charge is 2.15. The molecule has 0 radical (unpaired) electrons. The van der Waals surface area contributed by atoms with Crippen molar-refractivity contribution in [2.24, 2.45) is 0 Å². The number of unbranched alkanes of at least 4 members (excludes halogenated alkanes) is 5. The van der Waals surface area contributed by atoms with E-state index in [1.807, 2.05) is 6.08 Å². The monoisotopic (exact) mass is 340 g/mol. The van der Waals surface area contributed by atoms with Crippen molar-refractivity contribution >= 4 is 5.57 Å². The summed E-state index contributed by atoms with van der Waals surface area (Å²) in [5, 5.41) is 0. The Hall–Kier alpha value is -1.34. The lowest BCUT2D eigenvalue weighted by Gasteiger charge is -2.22. The first-order chi connectivity index (χ1) is 12.3. The van der Waals surface area contributed by atoms with E-state index in [1.54, 1.807) is 0 Å². The summed E-state index contributed by atoms with van der Waals surface area (Å²) in [4.78, 5) is 0. The molecule has 1 heteroatoms. The zero-order valence-corrected chi connectivity index (χ0v) is 16.1. The van der Waals surface area contributed by atoms with E-state index in [0.717, 1.165) is 32.3 Å². The highest BCUT2D eigenvalue weighted by atomic mass is 16.5. The van der Waals surface area contributed by atoms with Crippen molar-refractivity contribution in [1.82, 2.24) is 0 Å². The fourth-order valence-electron chi connectivity index (χ4n) is 3.51. The third-order valence-electron chi connectivity index (χ3n) is 5.16. The SMILES string of the molecule is C=CCCCCCOC1CC=C(c2ccc(CCCCC)cc2)CC1. The van der Waals surface area contributed by atoms with Crippen LogP contribution in [0.15, 0.2) is 43.0 Å². The Morgan fingerprint density at radius 1 is 1.08 bits per heavy atom. The quantitative estimate of drug-likeness (QED) is 0.291. The van der Waals surface area contributed by atoms with Crippen LogP contribution in [-0.2, 0) is 11.2 Å². The molecule has 1 unspecified atom stereocenters. The molecule has 0 fully saturated rings. The van der Waals surface area contributed by atoms with Gasteiger partial charge in [0.15, 0.2) is 0 Å². The van der Waals surface area contributed by atoms with Gasteiger partial charge < -0.3 is 4.74 Å². The van der Waals surface area contributed by atoms with Crippen LogP contribution >= 0.6 is 0 Å². The number of rotatable bonds is 12. The van der Waals surface area contributed by atoms with E-state index in [-0.39, 0.29) is 0 Å². The molecule has 0 heterocycles. The lowest BCUT2D eigenvalue weighted by atomic mass is 9.91. The fraction of sp³-hybridized carbons (Fsp3) is 0.583. The molecule has 0 bridgehead atoms. The van der Waals surface area contributed by atoms with E-state index in [4.69, 9.17) is 4.74 Å². The van der Waals surface area contributed by atoms with E-state index in [1.165, 1.54) is 61.6 Å². The molecule has 0 spiro atoms. The average Bonchev–Trinajstić information content (AvgIpc) is 2.66. The van der Waals surface area contributed by atoms with Crippen LogP contribution in [0.25, 0.3) is 5.57 Å². The Morgan fingerprint density at radius 3 is 2.60 bits per heavy atom. The molecule has 25 heavy (non-hydrogen) atoms. The summed E-state index contributed by atoms with van der Waals surface area (Å²) in [6.07, 6.45) is 18.2. The standard InChI is InChI=1S/C24H36O/c1-3-5-7-8-10-20-25-24-18-16-23(17-19-24)22-14-12-21(13-15-22)11-9-6-4-2/h3,12-16,24H,1,4-11,17-20H2,2H3. The van der Waals surface area contributed by atoms with Gasteiger partial charge in [-0.05, 0) is 68.1 Å². The van der Waals surface area contributed by atoms with E-state index in [0.29, 0.717) is 6.10 Å². The zero-order chi connectivity index (χ0) is 17.7. The van der Waals surface area contributed by atoms with Crippen molar-refractivity contribution in [1.29, 1.82) is 0 Å². The van der Waals surface area contributed by atoms with Gasteiger partial charge >= 0.3 is 0 Å². The van der Waals surface area contributed by atoms with Gasteiger partial charge in [-0.15, -0.1) is 6.58 Å². The first-order valence-corrected chi connectivity index (χ1v) is 10.3. The summed E-state index contributed by atoms with van der Waals surface area (Å²) in [5.74, 6) is 0. The second kappa shape index (κ2) is 12.1. The maximum absolute atomic E-state index is 6.05. The highest BCUT2D eigenvalue weighted by molar-refractivity contribution is 5.66. The van der Waals surface area contributed by atoms with Gasteiger partial charge in [0.1, 0.15) is 0 Å². The number of hydrogen-bond acceptors (Lipinski definition) is 1. The molecule has 0 saturated carbocycles. The van der Waals surface area contributed by atoms with E-state index in [9.17, 15) is 0 Å². The van der Waals surface area contributed by atoms with Crippen molar-refractivity contribution in [3.05, 3.63) is 54.1 Å². The molecule has 1 aromatic carbocycles. The van der Waals surface area contributed by atoms with Crippen molar-refractivity contribution < 1.29 is 4.74 Å². The topological polar surface area (TPSA) is 9.23 Å². The Labute approximate surface area is 155 Å². The minimum absolute atomic E-state index is 0.427. The predicted molar refractivity (Wildman–Crippen MR) is 110 cm³/mol. The van der Waals surface area contributed by atoms with E-state index < -0.39 is 0 Å². The summed E-state index contributed by atoms with van der Waals surface area (Å²) in [7, 11) is 0. The zero-order valence-electron chi connectivity index (χ0n) is 16.1. The van der Waals surface area contributed by atoms with Crippen LogP contribution in [0.3, 0.4) is 0 Å². The molecule has 1 aromatic rings. The van der Waals surface area contributed by atoms with Crippen LogP contribution in [0.4, 0.5) is 0 Å². The molecule has 1 aliphatic carbocycles. The van der Waals surface area contributed by atoms with Crippen LogP contribution < -0.4 is 0 Å². The molecular formula is C24H36O. The molecule has 0 aliphatic heterocycles. The van der Waals surface area contributed by atoms with Crippen LogP contribution in [0.1, 0.15) is 82.3 Å². The van der Waals surface area contributed by atoms with Crippen molar-refractivity contribution in [3.8, 4) is 0 Å². The summed E-state index contributed by atoms with van der Waals surface area (Å²) in [5.41, 5.74) is 4.39. The largest absolute Gasteiger partial charge is 0.378 e. The van der Waals surface area contributed by atoms with Gasteiger partial charge in [-0.2, -0.15) is 0 Å². The Morgan fingerprint density at radius 2 is 1.92 bits per heavy atom. The van der Waals surface area contributed by atoms with E-state index in [2.05, 4.69) is 43.8 Å². The number of aryl methyl sites for hydroxylation is 1. The van der Waals surface area contributed by atoms with Crippen molar-refractivity contribution in [3.63, 3.8) is 0 Å². The number of hydrogen-bond donors (Lipinski definition) is 0.